The number of aromatic nitrogens is 1. The second-order valence-electron chi connectivity index (χ2n) is 8.21. The van der Waals surface area contributed by atoms with Gasteiger partial charge in [-0.15, -0.1) is 11.3 Å². The molecule has 35 heavy (non-hydrogen) atoms. The average Bonchev–Trinajstić information content (AvgIpc) is 3.65. The first-order valence-electron chi connectivity index (χ1n) is 11.5. The minimum Gasteiger partial charge on any atom is -0.497 e. The maximum Gasteiger partial charge on any atom is 0.260 e. The van der Waals surface area contributed by atoms with Crippen molar-refractivity contribution in [2.24, 2.45) is 0 Å². The molecular weight excluding hydrogens is 466 g/mol. The normalized spacial score (nSPS) is 12.7. The number of rotatable bonds is 11. The Kier molecular flexibility index (Phi) is 7.87. The van der Waals surface area contributed by atoms with E-state index in [0.29, 0.717) is 23.2 Å². The molecule has 4 rings (SSSR count). The minimum atomic E-state index is -0.177. The summed E-state index contributed by atoms with van der Waals surface area (Å²) in [7, 11) is 3.19. The summed E-state index contributed by atoms with van der Waals surface area (Å²) >= 11 is 1.43. The van der Waals surface area contributed by atoms with Gasteiger partial charge in [-0.25, -0.2) is 4.98 Å². The molecule has 0 spiro atoms. The number of carbonyl (C=O) groups excluding carboxylic acids is 2. The van der Waals surface area contributed by atoms with Crippen LogP contribution < -0.4 is 19.5 Å². The molecule has 1 fully saturated rings. The van der Waals surface area contributed by atoms with Crippen molar-refractivity contribution in [3.05, 3.63) is 53.4 Å². The SMILES string of the molecule is COc1ccc(-c2nc(NC(=O)CCN(C(=O)COc3ccccc3OC)C3CC3)sc2C)cc1. The van der Waals surface area contributed by atoms with Crippen LogP contribution in [0.3, 0.4) is 0 Å². The number of hydrogen-bond acceptors (Lipinski definition) is 7. The first-order chi connectivity index (χ1) is 17.0. The summed E-state index contributed by atoms with van der Waals surface area (Å²) < 4.78 is 16.2. The highest BCUT2D eigenvalue weighted by Crippen LogP contribution is 2.32. The zero-order chi connectivity index (χ0) is 24.8. The molecular formula is C26H29N3O5S. The van der Waals surface area contributed by atoms with Crippen LogP contribution in [0.25, 0.3) is 11.3 Å². The lowest BCUT2D eigenvalue weighted by Crippen LogP contribution is -2.38. The van der Waals surface area contributed by atoms with Gasteiger partial charge in [-0.05, 0) is 56.2 Å². The third-order valence-corrected chi connectivity index (χ3v) is 6.60. The third-order valence-electron chi connectivity index (χ3n) is 5.71. The van der Waals surface area contributed by atoms with E-state index in [2.05, 4.69) is 10.3 Å². The van der Waals surface area contributed by atoms with Crippen molar-refractivity contribution in [2.75, 3.05) is 32.7 Å². The maximum atomic E-state index is 12.8. The van der Waals surface area contributed by atoms with E-state index in [0.717, 1.165) is 34.7 Å². The van der Waals surface area contributed by atoms with E-state index in [1.807, 2.05) is 43.3 Å². The quantitative estimate of drug-likeness (QED) is 0.420. The molecule has 0 saturated heterocycles. The molecule has 0 aliphatic heterocycles. The molecule has 2 amide bonds. The number of thiazole rings is 1. The number of carbonyl (C=O) groups is 2. The van der Waals surface area contributed by atoms with E-state index in [4.69, 9.17) is 14.2 Å². The summed E-state index contributed by atoms with van der Waals surface area (Å²) in [6.07, 6.45) is 2.07. The van der Waals surface area contributed by atoms with Crippen molar-refractivity contribution in [1.82, 2.24) is 9.88 Å². The van der Waals surface area contributed by atoms with Crippen LogP contribution in [0.2, 0.25) is 0 Å². The Morgan fingerprint density at radius 3 is 2.43 bits per heavy atom. The monoisotopic (exact) mass is 495 g/mol. The van der Waals surface area contributed by atoms with Gasteiger partial charge >= 0.3 is 0 Å². The van der Waals surface area contributed by atoms with Crippen molar-refractivity contribution in [1.29, 1.82) is 0 Å². The Bertz CT molecular complexity index is 1170. The molecule has 8 nitrogen and oxygen atoms in total. The molecule has 184 valence electrons. The first kappa shape index (κ1) is 24.5. The van der Waals surface area contributed by atoms with Gasteiger partial charge in [0.25, 0.3) is 5.91 Å². The predicted octanol–water partition coefficient (Wildman–Crippen LogP) is 4.53. The molecule has 3 aromatic rings. The van der Waals surface area contributed by atoms with Gasteiger partial charge < -0.3 is 24.4 Å². The average molecular weight is 496 g/mol. The molecule has 1 heterocycles. The van der Waals surface area contributed by atoms with Crippen molar-refractivity contribution < 1.29 is 23.8 Å². The van der Waals surface area contributed by atoms with Crippen LogP contribution in [-0.2, 0) is 9.59 Å². The number of ether oxygens (including phenoxy) is 3. The van der Waals surface area contributed by atoms with Crippen molar-refractivity contribution in [3.8, 4) is 28.5 Å². The number of aryl methyl sites for hydroxylation is 1. The van der Waals surface area contributed by atoms with E-state index >= 15 is 0 Å². The molecule has 1 aliphatic carbocycles. The number of benzene rings is 2. The lowest BCUT2D eigenvalue weighted by Gasteiger charge is -2.22. The van der Waals surface area contributed by atoms with Crippen LogP contribution >= 0.6 is 11.3 Å². The predicted molar refractivity (Wildman–Crippen MR) is 135 cm³/mol. The van der Waals surface area contributed by atoms with E-state index < -0.39 is 0 Å². The van der Waals surface area contributed by atoms with Crippen molar-refractivity contribution >= 4 is 28.3 Å². The number of anilines is 1. The minimum absolute atomic E-state index is 0.102. The molecule has 1 saturated carbocycles. The van der Waals surface area contributed by atoms with Crippen LogP contribution in [0.5, 0.6) is 17.2 Å². The standard InChI is InChI=1S/C26H29N3O5S/c1-17-25(18-8-12-20(32-2)13-9-18)28-26(35-17)27-23(30)14-15-29(19-10-11-19)24(31)16-34-22-7-5-4-6-21(22)33-3/h4-9,12-13,19H,10-11,14-16H2,1-3H3,(H,27,28,30). The molecule has 0 unspecified atom stereocenters. The highest BCUT2D eigenvalue weighted by Gasteiger charge is 2.33. The highest BCUT2D eigenvalue weighted by molar-refractivity contribution is 7.16. The highest BCUT2D eigenvalue weighted by atomic mass is 32.1. The number of amides is 2. The number of para-hydroxylation sites is 2. The molecule has 2 aromatic carbocycles. The van der Waals surface area contributed by atoms with Gasteiger partial charge in [0, 0.05) is 29.4 Å². The molecule has 1 aromatic heterocycles. The lowest BCUT2D eigenvalue weighted by atomic mass is 10.1. The topological polar surface area (TPSA) is 90.0 Å². The smallest absolute Gasteiger partial charge is 0.260 e. The Morgan fingerprint density at radius 1 is 1.06 bits per heavy atom. The Balaban J connectivity index is 1.31. The summed E-state index contributed by atoms with van der Waals surface area (Å²) in [5, 5.41) is 3.42. The first-order valence-corrected chi connectivity index (χ1v) is 12.3. The number of hydrogen-bond donors (Lipinski definition) is 1. The third kappa shape index (κ3) is 6.30. The zero-order valence-corrected chi connectivity index (χ0v) is 20.9. The number of nitrogens with one attached hydrogen (secondary N) is 1. The van der Waals surface area contributed by atoms with Crippen LogP contribution in [0.4, 0.5) is 5.13 Å². The van der Waals surface area contributed by atoms with Gasteiger partial charge in [0.15, 0.2) is 23.2 Å². The summed E-state index contributed by atoms with van der Waals surface area (Å²) in [5.41, 5.74) is 1.79. The fraction of sp³-hybridized carbons (Fsp3) is 0.346. The molecule has 1 aliphatic rings. The Labute approximate surface area is 208 Å². The summed E-state index contributed by atoms with van der Waals surface area (Å²) in [6.45, 7) is 2.21. The van der Waals surface area contributed by atoms with Crippen LogP contribution in [0.15, 0.2) is 48.5 Å². The van der Waals surface area contributed by atoms with E-state index in [-0.39, 0.29) is 30.9 Å². The molecule has 0 atom stereocenters. The largest absolute Gasteiger partial charge is 0.497 e. The van der Waals surface area contributed by atoms with Gasteiger partial charge in [0.2, 0.25) is 5.91 Å². The lowest BCUT2D eigenvalue weighted by molar-refractivity contribution is -0.134. The van der Waals surface area contributed by atoms with Gasteiger partial charge in [-0.2, -0.15) is 0 Å². The van der Waals surface area contributed by atoms with Gasteiger partial charge in [0.1, 0.15) is 5.75 Å². The van der Waals surface area contributed by atoms with Gasteiger partial charge in [-0.1, -0.05) is 12.1 Å². The van der Waals surface area contributed by atoms with Crippen LogP contribution in [0.1, 0.15) is 24.1 Å². The molecule has 1 N–H and O–H groups in total. The second kappa shape index (κ2) is 11.2. The summed E-state index contributed by atoms with van der Waals surface area (Å²) in [6, 6.07) is 15.0. The summed E-state index contributed by atoms with van der Waals surface area (Å²) in [5.74, 6) is 1.55. The second-order valence-corrected chi connectivity index (χ2v) is 9.41. The molecule has 0 bridgehead atoms. The van der Waals surface area contributed by atoms with E-state index in [9.17, 15) is 9.59 Å². The van der Waals surface area contributed by atoms with Gasteiger partial charge in [0.05, 0.1) is 19.9 Å². The molecule has 9 heteroatoms. The fourth-order valence-corrected chi connectivity index (χ4v) is 4.58. The van der Waals surface area contributed by atoms with Crippen molar-refractivity contribution in [3.63, 3.8) is 0 Å². The van der Waals surface area contributed by atoms with Crippen LogP contribution in [0, 0.1) is 6.92 Å². The number of nitrogens with zero attached hydrogens (tertiary/aromatic N) is 2. The summed E-state index contributed by atoms with van der Waals surface area (Å²) in [4.78, 5) is 32.8. The Morgan fingerprint density at radius 2 is 1.77 bits per heavy atom. The zero-order valence-electron chi connectivity index (χ0n) is 20.1. The molecule has 0 radical (unpaired) electrons. The van der Waals surface area contributed by atoms with E-state index in [1.165, 1.54) is 11.3 Å². The Hall–Kier alpha value is -3.59. The van der Waals surface area contributed by atoms with Gasteiger partial charge in [-0.3, -0.25) is 9.59 Å². The van der Waals surface area contributed by atoms with Crippen molar-refractivity contribution in [2.45, 2.75) is 32.2 Å². The maximum absolute atomic E-state index is 12.8. The van der Waals surface area contributed by atoms with E-state index in [1.54, 1.807) is 31.3 Å². The van der Waals surface area contributed by atoms with Crippen LogP contribution in [-0.4, -0.2) is 55.1 Å². The fourth-order valence-electron chi connectivity index (χ4n) is 3.73. The number of methoxy groups -OCH3 is 2.